The number of hydrogen-bond acceptors (Lipinski definition) is 2. The zero-order chi connectivity index (χ0) is 12.8. The van der Waals surface area contributed by atoms with E-state index in [-0.39, 0.29) is 6.54 Å². The van der Waals surface area contributed by atoms with Gasteiger partial charge in [0.25, 0.3) is 0 Å². The van der Waals surface area contributed by atoms with Crippen LogP contribution in [0, 0.1) is 17.5 Å². The highest BCUT2D eigenvalue weighted by Crippen LogP contribution is 2.18. The van der Waals surface area contributed by atoms with Crippen molar-refractivity contribution in [1.82, 2.24) is 5.32 Å². The van der Waals surface area contributed by atoms with Crippen molar-refractivity contribution >= 4 is 11.6 Å². The lowest BCUT2D eigenvalue weighted by Gasteiger charge is -2.07. The molecule has 0 fully saturated rings. The highest BCUT2D eigenvalue weighted by Gasteiger charge is 2.11. The molecule has 0 aliphatic carbocycles. The van der Waals surface area contributed by atoms with Crippen molar-refractivity contribution in [1.29, 1.82) is 0 Å². The second kappa shape index (κ2) is 6.05. The average Bonchev–Trinajstić information content (AvgIpc) is 2.26. The summed E-state index contributed by atoms with van der Waals surface area (Å²) < 4.78 is 38.5. The summed E-state index contributed by atoms with van der Waals surface area (Å²) in [6.45, 7) is 3.76. The molecule has 1 aromatic carbocycles. The van der Waals surface area contributed by atoms with Crippen LogP contribution in [0.25, 0.3) is 0 Å². The van der Waals surface area contributed by atoms with Crippen molar-refractivity contribution in [3.05, 3.63) is 42.2 Å². The van der Waals surface area contributed by atoms with Crippen LogP contribution in [0.4, 0.5) is 18.9 Å². The van der Waals surface area contributed by atoms with E-state index in [2.05, 4.69) is 17.2 Å². The fourth-order valence-corrected chi connectivity index (χ4v) is 1.10. The highest BCUT2D eigenvalue weighted by atomic mass is 19.2. The Labute approximate surface area is 96.3 Å². The van der Waals surface area contributed by atoms with Crippen molar-refractivity contribution in [3.63, 3.8) is 0 Å². The van der Waals surface area contributed by atoms with Gasteiger partial charge in [-0.15, -0.1) is 6.58 Å². The van der Waals surface area contributed by atoms with E-state index >= 15 is 0 Å². The largest absolute Gasteiger partial charge is 0.322 e. The van der Waals surface area contributed by atoms with Crippen LogP contribution in [0.2, 0.25) is 0 Å². The lowest BCUT2D eigenvalue weighted by Crippen LogP contribution is -2.28. The summed E-state index contributed by atoms with van der Waals surface area (Å²) in [5, 5.41) is 4.80. The minimum Gasteiger partial charge on any atom is -0.322 e. The summed E-state index contributed by atoms with van der Waals surface area (Å²) in [4.78, 5) is 11.2. The molecule has 1 aromatic rings. The SMILES string of the molecule is C=CCNCC(=O)Nc1cc(F)c(F)cc1F. The molecule has 0 aliphatic heterocycles. The van der Waals surface area contributed by atoms with Crippen LogP contribution in [0.1, 0.15) is 0 Å². The van der Waals surface area contributed by atoms with Gasteiger partial charge >= 0.3 is 0 Å². The molecule has 92 valence electrons. The normalized spacial score (nSPS) is 10.1. The number of halogens is 3. The number of rotatable bonds is 5. The maximum Gasteiger partial charge on any atom is 0.238 e. The number of amides is 1. The van der Waals surface area contributed by atoms with Gasteiger partial charge in [0.1, 0.15) is 5.82 Å². The van der Waals surface area contributed by atoms with Crippen LogP contribution < -0.4 is 10.6 Å². The number of anilines is 1. The smallest absolute Gasteiger partial charge is 0.238 e. The molecule has 0 unspecified atom stereocenters. The molecule has 3 nitrogen and oxygen atoms in total. The predicted molar refractivity (Wildman–Crippen MR) is 58.0 cm³/mol. The van der Waals surface area contributed by atoms with Gasteiger partial charge in [0.05, 0.1) is 12.2 Å². The molecule has 0 bridgehead atoms. The van der Waals surface area contributed by atoms with Crippen molar-refractivity contribution in [2.75, 3.05) is 18.4 Å². The molecular formula is C11H11F3N2O. The van der Waals surface area contributed by atoms with E-state index in [0.717, 1.165) is 0 Å². The van der Waals surface area contributed by atoms with Gasteiger partial charge in [-0.05, 0) is 0 Å². The van der Waals surface area contributed by atoms with Gasteiger partial charge in [0, 0.05) is 18.7 Å². The quantitative estimate of drug-likeness (QED) is 0.471. The van der Waals surface area contributed by atoms with Crippen molar-refractivity contribution in [2.45, 2.75) is 0 Å². The molecule has 0 saturated carbocycles. The van der Waals surface area contributed by atoms with Gasteiger partial charge in [-0.3, -0.25) is 4.79 Å². The molecule has 0 spiro atoms. The Hall–Kier alpha value is -1.82. The third kappa shape index (κ3) is 3.92. The van der Waals surface area contributed by atoms with Gasteiger partial charge in [0.15, 0.2) is 11.6 Å². The van der Waals surface area contributed by atoms with Gasteiger partial charge in [0.2, 0.25) is 5.91 Å². The third-order valence-corrected chi connectivity index (χ3v) is 1.86. The molecular weight excluding hydrogens is 233 g/mol. The maximum absolute atomic E-state index is 13.1. The molecule has 0 radical (unpaired) electrons. The number of hydrogen-bond donors (Lipinski definition) is 2. The standard InChI is InChI=1S/C11H11F3N2O/c1-2-3-15-6-11(17)16-10-5-8(13)7(12)4-9(10)14/h2,4-5,15H,1,3,6H2,(H,16,17). The highest BCUT2D eigenvalue weighted by molar-refractivity contribution is 5.92. The molecule has 6 heteroatoms. The summed E-state index contributed by atoms with van der Waals surface area (Å²) in [5.41, 5.74) is -0.394. The van der Waals surface area contributed by atoms with Gasteiger partial charge in [-0.2, -0.15) is 0 Å². The minimum absolute atomic E-state index is 0.0789. The van der Waals surface area contributed by atoms with E-state index in [9.17, 15) is 18.0 Å². The lowest BCUT2D eigenvalue weighted by molar-refractivity contribution is -0.115. The van der Waals surface area contributed by atoms with Gasteiger partial charge in [-0.1, -0.05) is 6.08 Å². The monoisotopic (exact) mass is 244 g/mol. The van der Waals surface area contributed by atoms with E-state index in [4.69, 9.17) is 0 Å². The summed E-state index contributed by atoms with van der Waals surface area (Å²) in [6.07, 6.45) is 1.55. The van der Waals surface area contributed by atoms with E-state index < -0.39 is 29.0 Å². The molecule has 2 N–H and O–H groups in total. The fourth-order valence-electron chi connectivity index (χ4n) is 1.10. The van der Waals surface area contributed by atoms with Crippen LogP contribution in [0.15, 0.2) is 24.8 Å². The maximum atomic E-state index is 13.1. The van der Waals surface area contributed by atoms with Crippen LogP contribution in [0.3, 0.4) is 0 Å². The molecule has 1 rings (SSSR count). The zero-order valence-electron chi connectivity index (χ0n) is 8.90. The zero-order valence-corrected chi connectivity index (χ0v) is 8.90. The first-order chi connectivity index (χ1) is 8.04. The Morgan fingerprint density at radius 3 is 2.53 bits per heavy atom. The Balaban J connectivity index is 2.65. The molecule has 0 atom stereocenters. The number of carbonyl (C=O) groups excluding carboxylic acids is 1. The van der Waals surface area contributed by atoms with Crippen molar-refractivity contribution < 1.29 is 18.0 Å². The molecule has 0 saturated heterocycles. The van der Waals surface area contributed by atoms with Crippen LogP contribution in [-0.2, 0) is 4.79 Å². The second-order valence-electron chi connectivity index (χ2n) is 3.21. The van der Waals surface area contributed by atoms with Gasteiger partial charge < -0.3 is 10.6 Å². The van der Waals surface area contributed by atoms with E-state index in [1.165, 1.54) is 0 Å². The second-order valence-corrected chi connectivity index (χ2v) is 3.21. The first-order valence-corrected chi connectivity index (χ1v) is 4.80. The van der Waals surface area contributed by atoms with E-state index in [1.54, 1.807) is 6.08 Å². The summed E-state index contributed by atoms with van der Waals surface area (Å²) in [7, 11) is 0. The molecule has 0 heterocycles. The Kier molecular flexibility index (Phi) is 4.71. The van der Waals surface area contributed by atoms with Crippen molar-refractivity contribution in [2.24, 2.45) is 0 Å². The number of carbonyl (C=O) groups is 1. The van der Waals surface area contributed by atoms with Crippen LogP contribution in [0.5, 0.6) is 0 Å². The van der Waals surface area contributed by atoms with Gasteiger partial charge in [-0.25, -0.2) is 13.2 Å². The molecule has 1 amide bonds. The van der Waals surface area contributed by atoms with Crippen LogP contribution in [-0.4, -0.2) is 19.0 Å². The minimum atomic E-state index is -1.30. The number of benzene rings is 1. The molecule has 0 aromatic heterocycles. The molecule has 17 heavy (non-hydrogen) atoms. The topological polar surface area (TPSA) is 41.1 Å². The van der Waals surface area contributed by atoms with E-state index in [1.807, 2.05) is 0 Å². The summed E-state index contributed by atoms with van der Waals surface area (Å²) in [6, 6.07) is 0.970. The lowest BCUT2D eigenvalue weighted by atomic mass is 10.3. The predicted octanol–water partition coefficient (Wildman–Crippen LogP) is 1.82. The summed E-state index contributed by atoms with van der Waals surface area (Å²) in [5.74, 6) is -4.11. The third-order valence-electron chi connectivity index (χ3n) is 1.86. The van der Waals surface area contributed by atoms with Crippen molar-refractivity contribution in [3.8, 4) is 0 Å². The first-order valence-electron chi connectivity index (χ1n) is 4.80. The fraction of sp³-hybridized carbons (Fsp3) is 0.182. The number of nitrogens with one attached hydrogen (secondary N) is 2. The molecule has 0 aliphatic rings. The van der Waals surface area contributed by atoms with E-state index in [0.29, 0.717) is 18.7 Å². The summed E-state index contributed by atoms with van der Waals surface area (Å²) >= 11 is 0. The van der Waals surface area contributed by atoms with Crippen LogP contribution >= 0.6 is 0 Å². The average molecular weight is 244 g/mol. The Morgan fingerprint density at radius 2 is 1.88 bits per heavy atom. The Bertz CT molecular complexity index is 435. The first kappa shape index (κ1) is 13.2. The Morgan fingerprint density at radius 1 is 1.24 bits per heavy atom.